The Kier molecular flexibility index (Phi) is 4.35. The lowest BCUT2D eigenvalue weighted by Crippen LogP contribution is -2.26. The molecule has 92 valence electrons. The maximum absolute atomic E-state index is 11.8. The van der Waals surface area contributed by atoms with Crippen LogP contribution < -0.4 is 4.90 Å². The van der Waals surface area contributed by atoms with Crippen molar-refractivity contribution in [1.29, 1.82) is 5.26 Å². The third kappa shape index (κ3) is 4.33. The third-order valence-electron chi connectivity index (χ3n) is 2.13. The molecule has 0 atom stereocenters. The standard InChI is InChI=1S/C11H11F3N2O/c1-16(6-7-17-11(12,13)14)10-5-3-2-4-9(10)8-15/h2-5H,6-7H2,1H3. The summed E-state index contributed by atoms with van der Waals surface area (Å²) in [4.78, 5) is 1.55. The van der Waals surface area contributed by atoms with E-state index >= 15 is 0 Å². The zero-order valence-electron chi connectivity index (χ0n) is 9.16. The second-order valence-electron chi connectivity index (χ2n) is 3.34. The van der Waals surface area contributed by atoms with Gasteiger partial charge >= 0.3 is 6.36 Å². The normalized spacial score (nSPS) is 11.0. The molecule has 0 aromatic heterocycles. The van der Waals surface area contributed by atoms with Gasteiger partial charge in [-0.3, -0.25) is 4.74 Å². The Hall–Kier alpha value is -1.74. The van der Waals surface area contributed by atoms with Crippen LogP contribution in [0.3, 0.4) is 0 Å². The van der Waals surface area contributed by atoms with E-state index < -0.39 is 13.0 Å². The van der Waals surface area contributed by atoms with Crippen molar-refractivity contribution in [3.05, 3.63) is 29.8 Å². The first-order valence-electron chi connectivity index (χ1n) is 4.85. The number of hydrogen-bond acceptors (Lipinski definition) is 3. The van der Waals surface area contributed by atoms with Crippen molar-refractivity contribution in [2.24, 2.45) is 0 Å². The van der Waals surface area contributed by atoms with E-state index in [0.717, 1.165) is 0 Å². The second-order valence-corrected chi connectivity index (χ2v) is 3.34. The fraction of sp³-hybridized carbons (Fsp3) is 0.364. The molecule has 1 aromatic carbocycles. The van der Waals surface area contributed by atoms with E-state index in [4.69, 9.17) is 5.26 Å². The summed E-state index contributed by atoms with van der Waals surface area (Å²) in [5.41, 5.74) is 1.00. The molecule has 6 heteroatoms. The minimum Gasteiger partial charge on any atom is -0.371 e. The smallest absolute Gasteiger partial charge is 0.371 e. The molecule has 0 radical (unpaired) electrons. The quantitative estimate of drug-likeness (QED) is 0.816. The molecule has 0 spiro atoms. The van der Waals surface area contributed by atoms with Crippen LogP contribution in [0.4, 0.5) is 18.9 Å². The summed E-state index contributed by atoms with van der Waals surface area (Å²) in [5, 5.41) is 8.83. The number of para-hydroxylation sites is 1. The van der Waals surface area contributed by atoms with Crippen LogP contribution in [0, 0.1) is 11.3 Å². The maximum atomic E-state index is 11.8. The lowest BCUT2D eigenvalue weighted by atomic mass is 10.2. The Morgan fingerprint density at radius 2 is 2.00 bits per heavy atom. The molecule has 0 aliphatic heterocycles. The highest BCUT2D eigenvalue weighted by atomic mass is 19.4. The average Bonchev–Trinajstić information content (AvgIpc) is 2.27. The van der Waals surface area contributed by atoms with Gasteiger partial charge in [-0.2, -0.15) is 5.26 Å². The molecular weight excluding hydrogens is 233 g/mol. The Bertz CT molecular complexity index is 412. The van der Waals surface area contributed by atoms with Crippen molar-refractivity contribution >= 4 is 5.69 Å². The molecular formula is C11H11F3N2O. The van der Waals surface area contributed by atoms with Gasteiger partial charge in [0.15, 0.2) is 0 Å². The van der Waals surface area contributed by atoms with Gasteiger partial charge in [0, 0.05) is 13.6 Å². The molecule has 17 heavy (non-hydrogen) atoms. The molecule has 0 bridgehead atoms. The molecule has 0 fully saturated rings. The van der Waals surface area contributed by atoms with E-state index in [0.29, 0.717) is 11.3 Å². The molecule has 0 N–H and O–H groups in total. The summed E-state index contributed by atoms with van der Waals surface area (Å²) in [7, 11) is 1.61. The molecule has 3 nitrogen and oxygen atoms in total. The zero-order valence-corrected chi connectivity index (χ0v) is 9.16. The van der Waals surface area contributed by atoms with Crippen LogP contribution in [0.2, 0.25) is 0 Å². The summed E-state index contributed by atoms with van der Waals surface area (Å²) in [6.45, 7) is -0.419. The summed E-state index contributed by atoms with van der Waals surface area (Å²) in [5.74, 6) is 0. The van der Waals surface area contributed by atoms with Crippen LogP contribution in [-0.2, 0) is 4.74 Å². The SMILES string of the molecule is CN(CCOC(F)(F)F)c1ccccc1C#N. The average molecular weight is 244 g/mol. The van der Waals surface area contributed by atoms with Gasteiger partial charge in [-0.05, 0) is 12.1 Å². The van der Waals surface area contributed by atoms with E-state index in [1.165, 1.54) is 0 Å². The van der Waals surface area contributed by atoms with Crippen LogP contribution in [-0.4, -0.2) is 26.6 Å². The largest absolute Gasteiger partial charge is 0.522 e. The molecule has 0 saturated carbocycles. The first-order chi connectivity index (χ1) is 7.94. The monoisotopic (exact) mass is 244 g/mol. The molecule has 1 rings (SSSR count). The molecule has 1 aromatic rings. The van der Waals surface area contributed by atoms with Crippen molar-refractivity contribution < 1.29 is 17.9 Å². The topological polar surface area (TPSA) is 36.3 Å². The fourth-order valence-corrected chi connectivity index (χ4v) is 1.32. The number of hydrogen-bond donors (Lipinski definition) is 0. The van der Waals surface area contributed by atoms with E-state index in [1.54, 1.807) is 36.2 Å². The van der Waals surface area contributed by atoms with Gasteiger partial charge in [0.25, 0.3) is 0 Å². The fourth-order valence-electron chi connectivity index (χ4n) is 1.32. The van der Waals surface area contributed by atoms with Gasteiger partial charge in [0.05, 0.1) is 17.9 Å². The van der Waals surface area contributed by atoms with Crippen molar-refractivity contribution in [3.63, 3.8) is 0 Å². The van der Waals surface area contributed by atoms with Gasteiger partial charge in [-0.1, -0.05) is 12.1 Å². The molecule has 0 unspecified atom stereocenters. The minimum absolute atomic E-state index is 0.0538. The highest BCUT2D eigenvalue weighted by Crippen LogP contribution is 2.19. The summed E-state index contributed by atoms with van der Waals surface area (Å²) in [6, 6.07) is 8.67. The van der Waals surface area contributed by atoms with Gasteiger partial charge in [-0.15, -0.1) is 13.2 Å². The lowest BCUT2D eigenvalue weighted by Gasteiger charge is -2.20. The van der Waals surface area contributed by atoms with E-state index in [-0.39, 0.29) is 6.54 Å². The number of nitriles is 1. The van der Waals surface area contributed by atoms with Crippen LogP contribution in [0.5, 0.6) is 0 Å². The minimum atomic E-state index is -4.62. The molecule has 0 heterocycles. The van der Waals surface area contributed by atoms with E-state index in [9.17, 15) is 13.2 Å². The predicted molar refractivity (Wildman–Crippen MR) is 56.4 cm³/mol. The van der Waals surface area contributed by atoms with Gasteiger partial charge in [0.1, 0.15) is 6.07 Å². The summed E-state index contributed by atoms with van der Waals surface area (Å²) in [6.07, 6.45) is -4.62. The van der Waals surface area contributed by atoms with Crippen molar-refractivity contribution in [2.45, 2.75) is 6.36 Å². The molecule has 0 amide bonds. The number of rotatable bonds is 4. The number of alkyl halides is 3. The van der Waals surface area contributed by atoms with Gasteiger partial charge < -0.3 is 4.90 Å². The number of likely N-dealkylation sites (N-methyl/N-ethyl adjacent to an activating group) is 1. The summed E-state index contributed by atoms with van der Waals surface area (Å²) < 4.78 is 39.0. The highest BCUT2D eigenvalue weighted by molar-refractivity contribution is 5.58. The van der Waals surface area contributed by atoms with E-state index in [1.807, 2.05) is 6.07 Å². The van der Waals surface area contributed by atoms with Crippen LogP contribution in [0.1, 0.15) is 5.56 Å². The number of halogens is 3. The Balaban J connectivity index is 2.59. The zero-order chi connectivity index (χ0) is 12.9. The van der Waals surface area contributed by atoms with Crippen LogP contribution in [0.15, 0.2) is 24.3 Å². The van der Waals surface area contributed by atoms with Gasteiger partial charge in [-0.25, -0.2) is 0 Å². The van der Waals surface area contributed by atoms with Crippen molar-refractivity contribution in [3.8, 4) is 6.07 Å². The maximum Gasteiger partial charge on any atom is 0.522 e. The molecule has 0 aliphatic carbocycles. The van der Waals surface area contributed by atoms with Crippen LogP contribution in [0.25, 0.3) is 0 Å². The molecule has 0 saturated heterocycles. The third-order valence-corrected chi connectivity index (χ3v) is 2.13. The summed E-state index contributed by atoms with van der Waals surface area (Å²) >= 11 is 0. The lowest BCUT2D eigenvalue weighted by molar-refractivity contribution is -0.323. The Labute approximate surface area is 97.0 Å². The second kappa shape index (κ2) is 5.55. The van der Waals surface area contributed by atoms with Crippen molar-refractivity contribution in [1.82, 2.24) is 0 Å². The number of nitrogens with zero attached hydrogens (tertiary/aromatic N) is 2. The van der Waals surface area contributed by atoms with Gasteiger partial charge in [0.2, 0.25) is 0 Å². The Morgan fingerprint density at radius 3 is 2.59 bits per heavy atom. The van der Waals surface area contributed by atoms with Crippen LogP contribution >= 0.6 is 0 Å². The van der Waals surface area contributed by atoms with Crippen molar-refractivity contribution in [2.75, 3.05) is 25.1 Å². The molecule has 0 aliphatic rings. The predicted octanol–water partition coefficient (Wildman–Crippen LogP) is 2.53. The van der Waals surface area contributed by atoms with E-state index in [2.05, 4.69) is 4.74 Å². The first-order valence-corrected chi connectivity index (χ1v) is 4.85. The highest BCUT2D eigenvalue weighted by Gasteiger charge is 2.28. The Morgan fingerprint density at radius 1 is 1.35 bits per heavy atom. The number of benzene rings is 1. The first kappa shape index (κ1) is 13.3. The number of anilines is 1. The number of ether oxygens (including phenoxy) is 1.